The van der Waals surface area contributed by atoms with Crippen molar-refractivity contribution in [2.24, 2.45) is 5.41 Å². The second-order valence-electron chi connectivity index (χ2n) is 9.88. The first-order valence-electron chi connectivity index (χ1n) is 11.4. The summed E-state index contributed by atoms with van der Waals surface area (Å²) in [6.07, 6.45) is 7.45. The van der Waals surface area contributed by atoms with Gasteiger partial charge in [0.1, 0.15) is 6.04 Å². The molecule has 2 amide bonds. The summed E-state index contributed by atoms with van der Waals surface area (Å²) in [6.45, 7) is 11.7. The van der Waals surface area contributed by atoms with Crippen LogP contribution in [0.15, 0.2) is 11.6 Å². The molecular formula is C24H45N3O4. The molecule has 0 bridgehead atoms. The quantitative estimate of drug-likeness (QED) is 0.591. The van der Waals surface area contributed by atoms with E-state index in [2.05, 4.69) is 19.2 Å². The molecule has 0 aliphatic heterocycles. The number of hydrogen-bond donors (Lipinski definition) is 2. The van der Waals surface area contributed by atoms with Crippen LogP contribution in [0.1, 0.15) is 80.1 Å². The number of nitrogens with one attached hydrogen (secondary N) is 1. The number of carboxylic acids is 1. The molecule has 0 saturated heterocycles. The fraction of sp³-hybridized carbons (Fsp3) is 0.792. The van der Waals surface area contributed by atoms with Crippen molar-refractivity contribution >= 4 is 17.8 Å². The first kappa shape index (κ1) is 29.1. The molecule has 1 aliphatic carbocycles. The Hall–Kier alpha value is -1.89. The molecule has 1 unspecified atom stereocenters. The Balaban J connectivity index is 0.00000282. The van der Waals surface area contributed by atoms with Gasteiger partial charge in [-0.2, -0.15) is 0 Å². The van der Waals surface area contributed by atoms with Crippen LogP contribution in [0.4, 0.5) is 0 Å². The second kappa shape index (κ2) is 12.8. The molecule has 2 N–H and O–H groups in total. The fourth-order valence-corrected chi connectivity index (χ4v) is 3.60. The molecule has 0 aromatic rings. The minimum Gasteiger partial charge on any atom is -0.478 e. The zero-order valence-corrected chi connectivity index (χ0v) is 21.2. The monoisotopic (exact) mass is 439 g/mol. The van der Waals surface area contributed by atoms with E-state index in [1.54, 1.807) is 7.05 Å². The number of carbonyl (C=O) groups is 3. The zero-order valence-electron chi connectivity index (χ0n) is 21.2. The standard InChI is InChI=1S/C21H37N3O4.C3H8/c1-15(18(26)27)11-14-24(7)17(25)16(20(2,3)4)22-19(28)21(23(5)6)12-9-8-10-13-21;1-3-2/h11,16H,8-10,12-14H2,1-7H3,(H,22,28)(H,26,27);3H2,1-2H3/b15-11+;. The molecule has 1 aliphatic rings. The minimum atomic E-state index is -1.01. The molecule has 0 radical (unpaired) electrons. The van der Waals surface area contributed by atoms with Gasteiger partial charge in [0.2, 0.25) is 11.8 Å². The van der Waals surface area contributed by atoms with Crippen molar-refractivity contribution in [2.75, 3.05) is 27.7 Å². The van der Waals surface area contributed by atoms with E-state index in [0.29, 0.717) is 0 Å². The van der Waals surface area contributed by atoms with E-state index in [4.69, 9.17) is 5.11 Å². The molecule has 31 heavy (non-hydrogen) atoms. The summed E-state index contributed by atoms with van der Waals surface area (Å²) in [6, 6.07) is -0.692. The van der Waals surface area contributed by atoms with Crippen LogP contribution < -0.4 is 5.32 Å². The van der Waals surface area contributed by atoms with Gasteiger partial charge in [0, 0.05) is 19.2 Å². The molecule has 0 heterocycles. The molecule has 0 aromatic heterocycles. The number of amides is 2. The maximum Gasteiger partial charge on any atom is 0.331 e. The van der Waals surface area contributed by atoms with Crippen LogP contribution >= 0.6 is 0 Å². The summed E-state index contributed by atoms with van der Waals surface area (Å²) < 4.78 is 0. The lowest BCUT2D eigenvalue weighted by Crippen LogP contribution is -2.63. The number of carboxylic acid groups (broad SMARTS) is 1. The molecular weight excluding hydrogens is 394 g/mol. The van der Waals surface area contributed by atoms with Crippen molar-refractivity contribution in [3.8, 4) is 0 Å². The van der Waals surface area contributed by atoms with E-state index in [1.165, 1.54) is 24.3 Å². The van der Waals surface area contributed by atoms with E-state index in [0.717, 1.165) is 32.1 Å². The molecule has 7 heteroatoms. The van der Waals surface area contributed by atoms with E-state index >= 15 is 0 Å². The van der Waals surface area contributed by atoms with Crippen LogP contribution in [0.3, 0.4) is 0 Å². The maximum absolute atomic E-state index is 13.3. The Morgan fingerprint density at radius 2 is 1.55 bits per heavy atom. The zero-order chi connectivity index (χ0) is 24.4. The predicted octanol–water partition coefficient (Wildman–Crippen LogP) is 3.69. The highest BCUT2D eigenvalue weighted by Crippen LogP contribution is 2.33. The third-order valence-corrected chi connectivity index (χ3v) is 5.73. The van der Waals surface area contributed by atoms with Crippen molar-refractivity contribution in [3.05, 3.63) is 11.6 Å². The molecule has 0 aromatic carbocycles. The summed E-state index contributed by atoms with van der Waals surface area (Å²) in [4.78, 5) is 40.8. The van der Waals surface area contributed by atoms with Crippen molar-refractivity contribution in [2.45, 2.75) is 91.6 Å². The number of rotatable bonds is 7. The summed E-state index contributed by atoms with van der Waals surface area (Å²) in [5.41, 5.74) is -0.875. The highest BCUT2D eigenvalue weighted by molar-refractivity contribution is 5.92. The largest absolute Gasteiger partial charge is 0.478 e. The van der Waals surface area contributed by atoms with Gasteiger partial charge in [-0.3, -0.25) is 14.5 Å². The summed E-state index contributed by atoms with van der Waals surface area (Å²) in [7, 11) is 5.47. The summed E-state index contributed by atoms with van der Waals surface area (Å²) >= 11 is 0. The smallest absolute Gasteiger partial charge is 0.331 e. The molecule has 7 nitrogen and oxygen atoms in total. The summed E-state index contributed by atoms with van der Waals surface area (Å²) in [5.74, 6) is -1.33. The lowest BCUT2D eigenvalue weighted by Gasteiger charge is -2.43. The Labute approximate surface area is 189 Å². The highest BCUT2D eigenvalue weighted by atomic mass is 16.4. The molecule has 1 saturated carbocycles. The summed E-state index contributed by atoms with van der Waals surface area (Å²) in [5, 5.41) is 12.0. The van der Waals surface area contributed by atoms with Crippen LogP contribution in [-0.2, 0) is 14.4 Å². The van der Waals surface area contributed by atoms with Gasteiger partial charge in [0.25, 0.3) is 0 Å². The van der Waals surface area contributed by atoms with Crippen molar-refractivity contribution in [3.63, 3.8) is 0 Å². The van der Waals surface area contributed by atoms with Gasteiger partial charge < -0.3 is 15.3 Å². The Morgan fingerprint density at radius 1 is 1.06 bits per heavy atom. The Bertz CT molecular complexity index is 629. The molecule has 1 fully saturated rings. The van der Waals surface area contributed by atoms with Gasteiger partial charge in [-0.15, -0.1) is 0 Å². The van der Waals surface area contributed by atoms with Gasteiger partial charge in [0.05, 0.1) is 5.54 Å². The lowest BCUT2D eigenvalue weighted by atomic mass is 9.78. The van der Waals surface area contributed by atoms with Crippen LogP contribution in [0.5, 0.6) is 0 Å². The normalized spacial score (nSPS) is 17.3. The van der Waals surface area contributed by atoms with E-state index < -0.39 is 23.0 Å². The predicted molar refractivity (Wildman–Crippen MR) is 126 cm³/mol. The van der Waals surface area contributed by atoms with Gasteiger partial charge in [-0.25, -0.2) is 4.79 Å². The lowest BCUT2D eigenvalue weighted by molar-refractivity contribution is -0.143. The minimum absolute atomic E-state index is 0.101. The number of carbonyl (C=O) groups excluding carboxylic acids is 2. The van der Waals surface area contributed by atoms with Crippen LogP contribution in [0, 0.1) is 5.41 Å². The third kappa shape index (κ3) is 8.63. The average Bonchev–Trinajstić information content (AvgIpc) is 2.69. The SMILES string of the molecule is C/C(=C\CN(C)C(=O)C(NC(=O)C1(N(C)C)CCCCC1)C(C)(C)C)C(=O)O.CCC. The first-order chi connectivity index (χ1) is 14.2. The maximum atomic E-state index is 13.3. The topological polar surface area (TPSA) is 90.0 Å². The number of nitrogens with zero attached hydrogens (tertiary/aromatic N) is 2. The third-order valence-electron chi connectivity index (χ3n) is 5.73. The first-order valence-corrected chi connectivity index (χ1v) is 11.4. The second-order valence-corrected chi connectivity index (χ2v) is 9.88. The highest BCUT2D eigenvalue weighted by Gasteiger charge is 2.44. The van der Waals surface area contributed by atoms with Crippen LogP contribution in [0.2, 0.25) is 0 Å². The van der Waals surface area contributed by atoms with Gasteiger partial charge >= 0.3 is 5.97 Å². The Kier molecular flexibility index (Phi) is 12.1. The van der Waals surface area contributed by atoms with Crippen molar-refractivity contribution in [1.82, 2.24) is 15.1 Å². The van der Waals surface area contributed by atoms with E-state index in [1.807, 2.05) is 39.8 Å². The molecule has 0 spiro atoms. The number of hydrogen-bond acceptors (Lipinski definition) is 4. The van der Waals surface area contributed by atoms with Crippen molar-refractivity contribution < 1.29 is 19.5 Å². The van der Waals surface area contributed by atoms with Crippen molar-refractivity contribution in [1.29, 1.82) is 0 Å². The van der Waals surface area contributed by atoms with Crippen LogP contribution in [-0.4, -0.2) is 72.0 Å². The van der Waals surface area contributed by atoms with Gasteiger partial charge in [0.15, 0.2) is 0 Å². The average molecular weight is 440 g/mol. The molecule has 180 valence electrons. The number of likely N-dealkylation sites (N-methyl/N-ethyl adjacent to an activating group) is 2. The molecule has 1 atom stereocenters. The fourth-order valence-electron chi connectivity index (χ4n) is 3.60. The van der Waals surface area contributed by atoms with Gasteiger partial charge in [-0.1, -0.05) is 66.4 Å². The van der Waals surface area contributed by atoms with E-state index in [-0.39, 0.29) is 23.9 Å². The van der Waals surface area contributed by atoms with Gasteiger partial charge in [-0.05, 0) is 39.3 Å². The number of aliphatic carboxylic acids is 1. The van der Waals surface area contributed by atoms with Crippen LogP contribution in [0.25, 0.3) is 0 Å². The molecule has 1 rings (SSSR count). The Morgan fingerprint density at radius 3 is 1.94 bits per heavy atom. The van der Waals surface area contributed by atoms with E-state index in [9.17, 15) is 14.4 Å².